The summed E-state index contributed by atoms with van der Waals surface area (Å²) in [6.45, 7) is 5.46. The molecule has 0 aliphatic heterocycles. The van der Waals surface area contributed by atoms with Crippen molar-refractivity contribution < 1.29 is 23.9 Å². The fraction of sp³-hybridized carbons (Fsp3) is 0.419. The van der Waals surface area contributed by atoms with E-state index in [1.54, 1.807) is 4.90 Å². The molecule has 1 unspecified atom stereocenters. The minimum Gasteiger partial charge on any atom is -0.445 e. The molecular formula is C43H56N4O5. The van der Waals surface area contributed by atoms with E-state index in [0.29, 0.717) is 25.9 Å². The molecule has 9 heteroatoms. The summed E-state index contributed by atoms with van der Waals surface area (Å²) in [4.78, 5) is 41.8. The van der Waals surface area contributed by atoms with Crippen LogP contribution in [-0.4, -0.2) is 67.8 Å². The Balaban J connectivity index is 1.38. The molecule has 0 radical (unpaired) electrons. The van der Waals surface area contributed by atoms with Gasteiger partial charge in [0.1, 0.15) is 19.4 Å². The van der Waals surface area contributed by atoms with E-state index >= 15 is 0 Å². The molecule has 0 bridgehead atoms. The molecule has 0 aliphatic carbocycles. The number of amides is 3. The number of alkyl carbamates (subject to hydrolysis) is 1. The Hall–Kier alpha value is -4.89. The van der Waals surface area contributed by atoms with Gasteiger partial charge in [-0.2, -0.15) is 0 Å². The summed E-state index contributed by atoms with van der Waals surface area (Å²) in [6, 6.07) is 31.8. The highest BCUT2D eigenvalue weighted by Gasteiger charge is 2.26. The van der Waals surface area contributed by atoms with Crippen LogP contribution in [0.5, 0.6) is 0 Å². The first-order valence-electron chi connectivity index (χ1n) is 18.8. The first-order chi connectivity index (χ1) is 25.5. The van der Waals surface area contributed by atoms with Crippen molar-refractivity contribution in [1.29, 1.82) is 0 Å². The number of nitrogens with zero attached hydrogens (tertiary/aromatic N) is 2. The Morgan fingerprint density at radius 3 is 1.98 bits per heavy atom. The van der Waals surface area contributed by atoms with Gasteiger partial charge in [0.2, 0.25) is 6.41 Å². The number of fused-ring (bicyclic) bond motifs is 1. The number of rotatable bonds is 23. The molecule has 0 aromatic heterocycles. The molecule has 2 N–H and O–H groups in total. The normalized spacial score (nSPS) is 11.6. The molecule has 4 rings (SSSR count). The topological polar surface area (TPSA) is 100 Å². The SMILES string of the molecule is CCCCCCN(C)CCCN(C(=O)OCc1ccccc1)C(Cc1ccc(CCCCNC(=O)OCc2ccccc2)c2ccccc12)NC=O. The van der Waals surface area contributed by atoms with Crippen molar-refractivity contribution in [2.45, 2.75) is 84.1 Å². The van der Waals surface area contributed by atoms with Crippen molar-refractivity contribution in [2.24, 2.45) is 0 Å². The number of benzene rings is 4. The average Bonchev–Trinajstić information content (AvgIpc) is 3.17. The zero-order chi connectivity index (χ0) is 36.8. The molecule has 0 saturated heterocycles. The van der Waals surface area contributed by atoms with E-state index in [1.807, 2.05) is 72.8 Å². The van der Waals surface area contributed by atoms with Gasteiger partial charge >= 0.3 is 12.2 Å². The highest BCUT2D eigenvalue weighted by atomic mass is 16.6. The molecule has 0 spiro atoms. The largest absolute Gasteiger partial charge is 0.445 e. The minimum absolute atomic E-state index is 0.156. The van der Waals surface area contributed by atoms with Gasteiger partial charge < -0.3 is 25.0 Å². The molecule has 4 aromatic rings. The van der Waals surface area contributed by atoms with Gasteiger partial charge in [0.05, 0.1) is 0 Å². The van der Waals surface area contributed by atoms with E-state index in [2.05, 4.69) is 53.8 Å². The van der Waals surface area contributed by atoms with Crippen molar-refractivity contribution >= 4 is 29.4 Å². The number of hydrogen-bond donors (Lipinski definition) is 2. The number of ether oxygens (including phenoxy) is 2. The van der Waals surface area contributed by atoms with E-state index in [-0.39, 0.29) is 13.2 Å². The maximum Gasteiger partial charge on any atom is 0.411 e. The monoisotopic (exact) mass is 708 g/mol. The summed E-state index contributed by atoms with van der Waals surface area (Å²) in [5, 5.41) is 8.02. The quantitative estimate of drug-likeness (QED) is 0.0458. The average molecular weight is 709 g/mol. The number of unbranched alkanes of at least 4 members (excludes halogenated alkanes) is 4. The second-order valence-corrected chi connectivity index (χ2v) is 13.3. The van der Waals surface area contributed by atoms with Crippen LogP contribution in [0.2, 0.25) is 0 Å². The van der Waals surface area contributed by atoms with Gasteiger partial charge in [0.15, 0.2) is 0 Å². The van der Waals surface area contributed by atoms with Crippen LogP contribution in [-0.2, 0) is 40.3 Å². The molecule has 52 heavy (non-hydrogen) atoms. The molecule has 3 amide bonds. The van der Waals surface area contributed by atoms with E-state index in [1.165, 1.54) is 24.8 Å². The maximum absolute atomic E-state index is 13.7. The lowest BCUT2D eigenvalue weighted by Gasteiger charge is -2.32. The molecule has 9 nitrogen and oxygen atoms in total. The lowest BCUT2D eigenvalue weighted by Crippen LogP contribution is -2.50. The summed E-state index contributed by atoms with van der Waals surface area (Å²) in [5.74, 6) is 0. The van der Waals surface area contributed by atoms with Crippen LogP contribution in [0, 0.1) is 0 Å². The number of carbonyl (C=O) groups is 3. The maximum atomic E-state index is 13.7. The molecule has 0 aliphatic rings. The lowest BCUT2D eigenvalue weighted by molar-refractivity contribution is -0.111. The van der Waals surface area contributed by atoms with Crippen LogP contribution < -0.4 is 10.6 Å². The molecule has 278 valence electrons. The molecular weight excluding hydrogens is 652 g/mol. The molecule has 1 atom stereocenters. The van der Waals surface area contributed by atoms with Crippen LogP contribution in [0.15, 0.2) is 97.1 Å². The summed E-state index contributed by atoms with van der Waals surface area (Å²) in [7, 11) is 2.12. The van der Waals surface area contributed by atoms with Crippen LogP contribution in [0.25, 0.3) is 10.8 Å². The van der Waals surface area contributed by atoms with Crippen molar-refractivity contribution in [3.63, 3.8) is 0 Å². The highest BCUT2D eigenvalue weighted by molar-refractivity contribution is 5.89. The number of nitrogens with one attached hydrogen (secondary N) is 2. The van der Waals surface area contributed by atoms with Gasteiger partial charge in [-0.3, -0.25) is 9.69 Å². The Morgan fingerprint density at radius 2 is 1.31 bits per heavy atom. The third-order valence-corrected chi connectivity index (χ3v) is 9.28. The van der Waals surface area contributed by atoms with Gasteiger partial charge in [0, 0.05) is 19.5 Å². The van der Waals surface area contributed by atoms with Crippen LogP contribution >= 0.6 is 0 Å². The summed E-state index contributed by atoms with van der Waals surface area (Å²) < 4.78 is 11.1. The van der Waals surface area contributed by atoms with Gasteiger partial charge in [0.25, 0.3) is 0 Å². The Labute approximate surface area is 309 Å². The first kappa shape index (κ1) is 39.9. The Bertz CT molecular complexity index is 1630. The first-order valence-corrected chi connectivity index (χ1v) is 18.8. The minimum atomic E-state index is -0.586. The fourth-order valence-corrected chi connectivity index (χ4v) is 6.38. The molecule has 4 aromatic carbocycles. The summed E-state index contributed by atoms with van der Waals surface area (Å²) in [6.07, 6.45) is 7.80. The standard InChI is InChI=1S/C43H56N4O5/c1-3-4-5-16-28-46(2)29-17-30-47(43(50)52-33-36-20-10-7-11-21-36)41(45-34-48)31-38-26-25-37(39-23-12-13-24-40(38)39)22-14-15-27-44-42(49)51-32-35-18-8-6-9-19-35/h6-13,18-21,23-26,34,41H,3-5,14-17,22,27-33H2,1-2H3,(H,44,49)(H,45,48). The number of hydrogen-bond acceptors (Lipinski definition) is 6. The van der Waals surface area contributed by atoms with Crippen LogP contribution in [0.1, 0.15) is 74.1 Å². The second-order valence-electron chi connectivity index (χ2n) is 13.3. The van der Waals surface area contributed by atoms with Crippen molar-refractivity contribution in [3.8, 4) is 0 Å². The van der Waals surface area contributed by atoms with E-state index in [4.69, 9.17) is 9.47 Å². The van der Waals surface area contributed by atoms with Gasteiger partial charge in [-0.05, 0) is 85.3 Å². The summed E-state index contributed by atoms with van der Waals surface area (Å²) >= 11 is 0. The third-order valence-electron chi connectivity index (χ3n) is 9.28. The van der Waals surface area contributed by atoms with Crippen molar-refractivity contribution in [3.05, 3.63) is 119 Å². The van der Waals surface area contributed by atoms with Gasteiger partial charge in [-0.15, -0.1) is 0 Å². The van der Waals surface area contributed by atoms with Gasteiger partial charge in [-0.25, -0.2) is 9.59 Å². The fourth-order valence-electron chi connectivity index (χ4n) is 6.38. The van der Waals surface area contributed by atoms with Crippen molar-refractivity contribution in [1.82, 2.24) is 20.4 Å². The molecule has 0 saturated carbocycles. The number of aryl methyl sites for hydroxylation is 1. The second kappa shape index (κ2) is 22.8. The smallest absolute Gasteiger partial charge is 0.411 e. The Morgan fingerprint density at radius 1 is 0.692 bits per heavy atom. The predicted molar refractivity (Wildman–Crippen MR) is 208 cm³/mol. The van der Waals surface area contributed by atoms with E-state index in [9.17, 15) is 14.4 Å². The van der Waals surface area contributed by atoms with E-state index < -0.39 is 18.4 Å². The van der Waals surface area contributed by atoms with Crippen LogP contribution in [0.3, 0.4) is 0 Å². The van der Waals surface area contributed by atoms with Crippen LogP contribution in [0.4, 0.5) is 9.59 Å². The zero-order valence-corrected chi connectivity index (χ0v) is 30.9. The molecule has 0 heterocycles. The van der Waals surface area contributed by atoms with E-state index in [0.717, 1.165) is 72.7 Å². The summed E-state index contributed by atoms with van der Waals surface area (Å²) in [5.41, 5.74) is 4.11. The predicted octanol–water partition coefficient (Wildman–Crippen LogP) is 8.24. The third kappa shape index (κ3) is 13.7. The molecule has 0 fully saturated rings. The van der Waals surface area contributed by atoms with Gasteiger partial charge in [-0.1, -0.05) is 123 Å². The zero-order valence-electron chi connectivity index (χ0n) is 30.9. The highest BCUT2D eigenvalue weighted by Crippen LogP contribution is 2.26. The number of carbonyl (C=O) groups excluding carboxylic acids is 3. The lowest BCUT2D eigenvalue weighted by atomic mass is 9.94. The Kier molecular flexibility index (Phi) is 17.5. The van der Waals surface area contributed by atoms with Crippen molar-refractivity contribution in [2.75, 3.05) is 33.2 Å².